The lowest BCUT2D eigenvalue weighted by atomic mass is 9.91. The zero-order valence-corrected chi connectivity index (χ0v) is 56.1. The van der Waals surface area contributed by atoms with E-state index in [1.54, 1.807) is 54.5 Å². The molecule has 1 heterocycles. The third-order valence-electron chi connectivity index (χ3n) is 16.1. The molecular formula is C62H111N11O12. The topological polar surface area (TPSA) is 279 Å². The van der Waals surface area contributed by atoms with Crippen LogP contribution in [-0.4, -0.2) is 227 Å². The maximum absolute atomic E-state index is 15.1. The number of hydrogen-bond acceptors (Lipinski definition) is 12. The van der Waals surface area contributed by atoms with Crippen molar-refractivity contribution in [3.63, 3.8) is 0 Å². The van der Waals surface area contributed by atoms with Crippen LogP contribution in [0.2, 0.25) is 0 Å². The lowest BCUT2D eigenvalue weighted by Crippen LogP contribution is -2.63. The summed E-state index contributed by atoms with van der Waals surface area (Å²) < 4.78 is 0. The van der Waals surface area contributed by atoms with Gasteiger partial charge in [-0.05, 0) is 101 Å². The summed E-state index contributed by atoms with van der Waals surface area (Å²) in [6.45, 7) is 29.3. The quantitative estimate of drug-likeness (QED) is 0.148. The molecule has 0 aromatic heterocycles. The maximum Gasteiger partial charge on any atom is 0.246 e. The van der Waals surface area contributed by atoms with Crippen molar-refractivity contribution in [1.29, 1.82) is 0 Å². The van der Waals surface area contributed by atoms with Gasteiger partial charge < -0.3 is 60.7 Å². The second kappa shape index (κ2) is 34.9. The van der Waals surface area contributed by atoms with Crippen LogP contribution in [0.3, 0.4) is 0 Å². The molecule has 85 heavy (non-hydrogen) atoms. The number of allylic oxidation sites excluding steroid dienone is 2. The molecule has 12 atom stereocenters. The van der Waals surface area contributed by atoms with Gasteiger partial charge in [0.05, 0.1) is 12.6 Å². The molecule has 486 valence electrons. The Balaban J connectivity index is 4.32. The van der Waals surface area contributed by atoms with Gasteiger partial charge in [0.25, 0.3) is 0 Å². The zero-order valence-electron chi connectivity index (χ0n) is 56.1. The van der Waals surface area contributed by atoms with Crippen molar-refractivity contribution in [2.45, 2.75) is 223 Å². The average Bonchev–Trinajstić information content (AvgIpc) is 3.62. The molecule has 23 heteroatoms. The first-order valence-corrected chi connectivity index (χ1v) is 30.6. The van der Waals surface area contributed by atoms with Crippen LogP contribution in [0.4, 0.5) is 0 Å². The van der Waals surface area contributed by atoms with Crippen molar-refractivity contribution in [2.75, 3.05) is 55.9 Å². The average molecular weight is 1200 g/mol. The van der Waals surface area contributed by atoms with Gasteiger partial charge in [0.15, 0.2) is 0 Å². The van der Waals surface area contributed by atoms with E-state index in [-0.39, 0.29) is 55.8 Å². The third kappa shape index (κ3) is 21.7. The molecule has 0 aromatic carbocycles. The van der Waals surface area contributed by atoms with Gasteiger partial charge in [0, 0.05) is 49.3 Å². The van der Waals surface area contributed by atoms with Crippen molar-refractivity contribution in [3.8, 4) is 0 Å². The summed E-state index contributed by atoms with van der Waals surface area (Å²) in [5.41, 5.74) is 0. The normalized spacial score (nSPS) is 26.9. The fraction of sp³-hybridized carbons (Fsp3) is 0.790. The molecule has 1 aliphatic rings. The number of carbonyl (C=O) groups excluding carboxylic acids is 11. The van der Waals surface area contributed by atoms with Crippen LogP contribution in [0.1, 0.15) is 156 Å². The minimum atomic E-state index is -1.61. The largest absolute Gasteiger partial charge is 0.390 e. The van der Waals surface area contributed by atoms with Crippen molar-refractivity contribution in [1.82, 2.24) is 55.6 Å². The molecule has 1 aliphatic heterocycles. The first kappa shape index (κ1) is 76.9. The van der Waals surface area contributed by atoms with Gasteiger partial charge in [-0.25, -0.2) is 0 Å². The number of aliphatic hydroxyl groups is 1. The van der Waals surface area contributed by atoms with Crippen LogP contribution < -0.4 is 21.3 Å². The van der Waals surface area contributed by atoms with Gasteiger partial charge in [0.2, 0.25) is 65.0 Å². The predicted molar refractivity (Wildman–Crippen MR) is 328 cm³/mol. The van der Waals surface area contributed by atoms with E-state index in [0.717, 1.165) is 9.80 Å². The Labute approximate surface area is 508 Å². The van der Waals surface area contributed by atoms with Crippen molar-refractivity contribution in [3.05, 3.63) is 12.2 Å². The number of likely N-dealkylation sites (N-methyl/N-ethyl adjacent to an activating group) is 7. The number of nitrogens with zero attached hydrogens (tertiary/aromatic N) is 7. The highest BCUT2D eigenvalue weighted by molar-refractivity contribution is 5.99. The standard InChI is InChI=1S/C62H111N11O12/c1-25-27-28-40(15)52(75)51-56(79)65-43(26-2)58(81)67(18)33-48(74)68(19)44(29-34(3)4)55(78)66-49(38(11)12)61(84)69(20)45(30-35(5)6)54(77)63-41(16)53(76)64-42(17)57(80)70(21)46(31-36(7)8)59(82)71(22)47(32-37(9)10)60(83)72(23)50(39(13)14)62(85)73(51)24/h25,27,34-47,49-52,75H,26,28-33H2,1-24H3,(H,63,77)(H,64,76)(H,65,79)(H,66,78)/b27-25+/t40-,41+,42+,43+,44+,45+,46+,47+,49+,50+,51+,52-/m1/s1. The SMILES string of the molecule is C/C=C/C[C@@H](C)[C@@H](O)[C@H]1C(=O)N[C@@H](CC)C(=O)N(C)CC(=O)N(C)[C@@H](CC(C)C)C(=O)N[C@@H](C(C)C)C(=O)N(C)[C@@H](CC(C)C)C(=O)N[C@@H](C)C(=O)N[C@@H](C)C(=O)N(C)[C@@H](CC(C)C)C(=O)N(C)[C@@H](CC(C)C)C(=O)N(C)[C@@H](C(C)C)C(=O)N1C. The van der Waals surface area contributed by atoms with Crippen LogP contribution in [0.5, 0.6) is 0 Å². The fourth-order valence-corrected chi connectivity index (χ4v) is 10.7. The zero-order chi connectivity index (χ0) is 66.0. The molecule has 0 unspecified atom stereocenters. The molecule has 0 spiro atoms. The minimum Gasteiger partial charge on any atom is -0.390 e. The number of rotatable bonds is 15. The Kier molecular flexibility index (Phi) is 31.5. The molecule has 1 fully saturated rings. The Hall–Kier alpha value is -6.13. The Morgan fingerprint density at radius 2 is 0.871 bits per heavy atom. The van der Waals surface area contributed by atoms with E-state index in [9.17, 15) is 48.3 Å². The van der Waals surface area contributed by atoms with E-state index < -0.39 is 156 Å². The first-order chi connectivity index (χ1) is 39.2. The minimum absolute atomic E-state index is 0.0229. The molecule has 0 bridgehead atoms. The molecule has 0 radical (unpaired) electrons. The smallest absolute Gasteiger partial charge is 0.246 e. The summed E-state index contributed by atoms with van der Waals surface area (Å²) in [7, 11) is 9.92. The third-order valence-corrected chi connectivity index (χ3v) is 16.1. The van der Waals surface area contributed by atoms with Crippen molar-refractivity contribution < 1.29 is 57.8 Å². The molecule has 0 aromatic rings. The highest BCUT2D eigenvalue weighted by Crippen LogP contribution is 2.26. The van der Waals surface area contributed by atoms with Crippen LogP contribution >= 0.6 is 0 Å². The molecular weight excluding hydrogens is 1090 g/mol. The van der Waals surface area contributed by atoms with E-state index in [0.29, 0.717) is 6.42 Å². The van der Waals surface area contributed by atoms with Gasteiger partial charge >= 0.3 is 0 Å². The Bertz CT molecular complexity index is 2330. The van der Waals surface area contributed by atoms with Gasteiger partial charge in [-0.3, -0.25) is 52.7 Å². The van der Waals surface area contributed by atoms with Crippen LogP contribution in [0.15, 0.2) is 12.2 Å². The van der Waals surface area contributed by atoms with E-state index in [1.165, 1.54) is 87.7 Å². The van der Waals surface area contributed by atoms with Gasteiger partial charge in [-0.2, -0.15) is 0 Å². The number of carbonyl (C=O) groups is 11. The molecule has 0 aliphatic carbocycles. The predicted octanol–water partition coefficient (Wildman–Crippen LogP) is 3.27. The summed E-state index contributed by atoms with van der Waals surface area (Å²) in [5.74, 6) is -9.71. The Morgan fingerprint density at radius 3 is 1.32 bits per heavy atom. The van der Waals surface area contributed by atoms with E-state index in [1.807, 2.05) is 61.5 Å². The highest BCUT2D eigenvalue weighted by Gasteiger charge is 2.45. The van der Waals surface area contributed by atoms with Crippen molar-refractivity contribution >= 4 is 65.0 Å². The lowest BCUT2D eigenvalue weighted by Gasteiger charge is -2.41. The van der Waals surface area contributed by atoms with Crippen LogP contribution in [-0.2, 0) is 52.7 Å². The number of hydrogen-bond donors (Lipinski definition) is 5. The summed E-state index contributed by atoms with van der Waals surface area (Å²) in [6.07, 6.45) is 3.04. The molecule has 5 N–H and O–H groups in total. The molecule has 11 amide bonds. The van der Waals surface area contributed by atoms with E-state index in [2.05, 4.69) is 21.3 Å². The summed E-state index contributed by atoms with van der Waals surface area (Å²) in [6, 6.07) is -12.3. The monoisotopic (exact) mass is 1200 g/mol. The number of amides is 11. The lowest BCUT2D eigenvalue weighted by molar-refractivity contribution is -0.157. The summed E-state index contributed by atoms with van der Waals surface area (Å²) in [5, 5.41) is 23.1. The van der Waals surface area contributed by atoms with E-state index in [4.69, 9.17) is 0 Å². The maximum atomic E-state index is 15.1. The molecule has 23 nitrogen and oxygen atoms in total. The molecule has 0 saturated carbocycles. The van der Waals surface area contributed by atoms with Crippen LogP contribution in [0.25, 0.3) is 0 Å². The van der Waals surface area contributed by atoms with Gasteiger partial charge in [0.1, 0.15) is 60.4 Å². The summed E-state index contributed by atoms with van der Waals surface area (Å²) >= 11 is 0. The number of aliphatic hydroxyl groups excluding tert-OH is 1. The fourth-order valence-electron chi connectivity index (χ4n) is 10.7. The number of nitrogens with one attached hydrogen (secondary N) is 4. The second-order valence-electron chi connectivity index (χ2n) is 26.1. The highest BCUT2D eigenvalue weighted by atomic mass is 16.3. The molecule has 1 saturated heterocycles. The first-order valence-electron chi connectivity index (χ1n) is 30.6. The van der Waals surface area contributed by atoms with Crippen molar-refractivity contribution in [2.24, 2.45) is 41.4 Å². The van der Waals surface area contributed by atoms with Gasteiger partial charge in [-0.1, -0.05) is 109 Å². The van der Waals surface area contributed by atoms with Gasteiger partial charge in [-0.15, -0.1) is 0 Å². The van der Waals surface area contributed by atoms with Crippen LogP contribution in [0, 0.1) is 41.4 Å². The Morgan fingerprint density at radius 1 is 0.459 bits per heavy atom. The van der Waals surface area contributed by atoms with E-state index >= 15 is 9.59 Å². The summed E-state index contributed by atoms with van der Waals surface area (Å²) in [4.78, 5) is 169. The molecule has 1 rings (SSSR count). The second-order valence-corrected chi connectivity index (χ2v) is 26.1.